The fraction of sp³-hybridized carbons (Fsp3) is 0. The van der Waals surface area contributed by atoms with Crippen molar-refractivity contribution in [3.63, 3.8) is 0 Å². The van der Waals surface area contributed by atoms with Crippen LogP contribution < -0.4 is 29.4 Å². The molecule has 0 aromatic rings. The van der Waals surface area contributed by atoms with Gasteiger partial charge in [0.25, 0.3) is 15.6 Å². The maximum Gasteiger partial charge on any atom is 2.00 e. The van der Waals surface area contributed by atoms with Gasteiger partial charge in [-0.05, 0) is 0 Å². The number of hydrogen-bond donors (Lipinski definition) is 0. The van der Waals surface area contributed by atoms with E-state index in [9.17, 15) is 47.6 Å². The zero-order chi connectivity index (χ0) is 14.1. The van der Waals surface area contributed by atoms with Gasteiger partial charge in [-0.25, -0.2) is 4.31 Å². The summed E-state index contributed by atoms with van der Waals surface area (Å²) < 4.78 is 48.5. The number of rotatable bonds is 6. The van der Waals surface area contributed by atoms with Gasteiger partial charge in [0.15, 0.2) is 0 Å². The van der Waals surface area contributed by atoms with Crippen molar-refractivity contribution in [1.82, 2.24) is 0 Å². The van der Waals surface area contributed by atoms with E-state index in [1.807, 2.05) is 0 Å². The van der Waals surface area contributed by atoms with E-state index in [1.165, 1.54) is 0 Å². The Morgan fingerprint density at radius 2 is 0.700 bits per heavy atom. The summed E-state index contributed by atoms with van der Waals surface area (Å²) in [4.78, 5) is 60.0. The van der Waals surface area contributed by atoms with Crippen LogP contribution in [0.5, 0.6) is 0 Å². The molecule has 0 saturated heterocycles. The SMILES string of the molecule is O=P([O-])([O-])OP(=O)([O-])OP(=O)([O-])OP(=O)([O-])[O-].[Pb+2].[Pb+2].[Pb+2]. The van der Waals surface area contributed by atoms with Crippen LogP contribution in [0.3, 0.4) is 0 Å². The van der Waals surface area contributed by atoms with Crippen LogP contribution in [0.1, 0.15) is 0 Å². The molecule has 0 aromatic heterocycles. The van der Waals surface area contributed by atoms with Gasteiger partial charge in [0.05, 0.1) is 15.6 Å². The fourth-order valence-corrected chi connectivity index (χ4v) is 4.11. The molecule has 0 rings (SSSR count). The molecule has 0 fully saturated rings. The van der Waals surface area contributed by atoms with Gasteiger partial charge in [0.2, 0.25) is 0 Å². The van der Waals surface area contributed by atoms with Crippen molar-refractivity contribution >= 4 is 113 Å². The smallest absolute Gasteiger partial charge is 0.790 e. The topological polar surface area (TPSA) is 234 Å². The molecule has 0 aliphatic carbocycles. The standard InChI is InChI=1S/H6O13P4.3Pb/c1-14(2,3)11-16(7,8)13-17(9,10)12-15(4,5)6;;;/h(H,7,8)(H,9,10)(H2,1,2,3)(H2,4,5,6);;;/q;3*+2/p-6. The van der Waals surface area contributed by atoms with Crippen molar-refractivity contribution in [1.29, 1.82) is 0 Å². The number of hydrogen-bond acceptors (Lipinski definition) is 13. The summed E-state index contributed by atoms with van der Waals surface area (Å²) in [5.74, 6) is 0. The van der Waals surface area contributed by atoms with Crippen molar-refractivity contribution in [2.45, 2.75) is 0 Å². The molecule has 0 bridgehead atoms. The van der Waals surface area contributed by atoms with Crippen LogP contribution in [0.2, 0.25) is 0 Å². The third kappa shape index (κ3) is 19.4. The maximum absolute atomic E-state index is 10.4. The Labute approximate surface area is 172 Å². The molecule has 20 heteroatoms. The molecule has 110 valence electrons. The van der Waals surface area contributed by atoms with Gasteiger partial charge < -0.3 is 38.5 Å². The van der Waals surface area contributed by atoms with Gasteiger partial charge in [-0.3, -0.25) is 17.8 Å². The summed E-state index contributed by atoms with van der Waals surface area (Å²) >= 11 is 0. The second-order valence-corrected chi connectivity index (χ2v) is 7.57. The Hall–Kier alpha value is 3.33. The Morgan fingerprint density at radius 3 is 0.850 bits per heavy atom. The van der Waals surface area contributed by atoms with Crippen molar-refractivity contribution in [2.24, 2.45) is 0 Å². The molecule has 13 nitrogen and oxygen atoms in total. The Balaban J connectivity index is -0.000000427. The summed E-state index contributed by atoms with van der Waals surface area (Å²) in [6.07, 6.45) is 0. The molecule has 0 aliphatic rings. The molecule has 20 heavy (non-hydrogen) atoms. The van der Waals surface area contributed by atoms with Crippen molar-refractivity contribution in [2.75, 3.05) is 0 Å². The number of phosphoric acid groups is 4. The molecule has 0 aliphatic heterocycles. The molecule has 2 atom stereocenters. The first-order valence-electron chi connectivity index (χ1n) is 2.92. The molecule has 0 saturated carbocycles. The van der Waals surface area contributed by atoms with E-state index in [2.05, 4.69) is 12.9 Å². The Morgan fingerprint density at radius 1 is 0.500 bits per heavy atom. The first-order valence-corrected chi connectivity index (χ1v) is 8.76. The van der Waals surface area contributed by atoms with E-state index in [0.29, 0.717) is 0 Å². The quantitative estimate of drug-likeness (QED) is 0.179. The monoisotopic (exact) mass is 956 g/mol. The Bertz CT molecular complexity index is 414. The summed E-state index contributed by atoms with van der Waals surface area (Å²) in [6.45, 7) is 0. The van der Waals surface area contributed by atoms with E-state index in [-0.39, 0.29) is 81.9 Å². The zero-order valence-electron chi connectivity index (χ0n) is 8.60. The third-order valence-corrected chi connectivity index (χ3v) is 5.40. The van der Waals surface area contributed by atoms with Gasteiger partial charge in [0, 0.05) is 0 Å². The average molecular weight is 953 g/mol. The van der Waals surface area contributed by atoms with E-state index in [0.717, 1.165) is 0 Å². The van der Waals surface area contributed by atoms with Gasteiger partial charge in [-0.1, -0.05) is 0 Å². The zero-order valence-corrected chi connectivity index (χ0v) is 23.8. The van der Waals surface area contributed by atoms with Crippen LogP contribution in [-0.2, 0) is 31.2 Å². The largest absolute Gasteiger partial charge is 2.00 e. The molecule has 0 spiro atoms. The van der Waals surface area contributed by atoms with Crippen LogP contribution >= 0.6 is 31.3 Å². The fourth-order valence-electron chi connectivity index (χ4n) is 0.397. The first kappa shape index (κ1) is 31.1. The van der Waals surface area contributed by atoms with Crippen molar-refractivity contribution in [3.8, 4) is 0 Å². The van der Waals surface area contributed by atoms with Gasteiger partial charge in [-0.15, -0.1) is 0 Å². The van der Waals surface area contributed by atoms with Gasteiger partial charge in [-0.2, -0.15) is 0 Å². The molecule has 0 amide bonds. The van der Waals surface area contributed by atoms with E-state index in [4.69, 9.17) is 0 Å². The molecule has 0 N–H and O–H groups in total. The first-order chi connectivity index (χ1) is 7.12. The van der Waals surface area contributed by atoms with Crippen molar-refractivity contribution in [3.05, 3.63) is 0 Å². The molecule has 2 unspecified atom stereocenters. The van der Waals surface area contributed by atoms with Crippen LogP contribution in [0, 0.1) is 0 Å². The molecule has 6 radical (unpaired) electrons. The minimum absolute atomic E-state index is 0. The summed E-state index contributed by atoms with van der Waals surface area (Å²) in [6, 6.07) is 0. The predicted octanol–water partition coefficient (Wildman–Crippen LogP) is -5.51. The van der Waals surface area contributed by atoms with Crippen LogP contribution in [-0.4, -0.2) is 81.9 Å². The van der Waals surface area contributed by atoms with E-state index >= 15 is 0 Å². The summed E-state index contributed by atoms with van der Waals surface area (Å²) in [7, 11) is -24.9. The second kappa shape index (κ2) is 11.0. The Kier molecular flexibility index (Phi) is 17.2. The molecular formula is O13P4Pb3. The van der Waals surface area contributed by atoms with Crippen molar-refractivity contribution < 1.29 is 60.6 Å². The predicted molar refractivity (Wildman–Crippen MR) is 50.9 cm³/mol. The molecule has 0 heterocycles. The van der Waals surface area contributed by atoms with E-state index < -0.39 is 31.3 Å². The summed E-state index contributed by atoms with van der Waals surface area (Å²) in [5.41, 5.74) is 0. The van der Waals surface area contributed by atoms with Gasteiger partial charge >= 0.3 is 81.9 Å². The minimum Gasteiger partial charge on any atom is -0.790 e. The molecular weight excluding hydrogens is 953 g/mol. The van der Waals surface area contributed by atoms with E-state index in [1.54, 1.807) is 0 Å². The van der Waals surface area contributed by atoms with Crippen LogP contribution in [0.15, 0.2) is 0 Å². The normalized spacial score (nSPS) is 17.5. The molecule has 0 aromatic carbocycles. The van der Waals surface area contributed by atoms with Crippen LogP contribution in [0.25, 0.3) is 0 Å². The maximum atomic E-state index is 10.4. The van der Waals surface area contributed by atoms with Crippen LogP contribution in [0.4, 0.5) is 0 Å². The average Bonchev–Trinajstić information content (AvgIpc) is 1.65. The third-order valence-electron chi connectivity index (χ3n) is 0.600. The minimum atomic E-state index is -6.26. The van der Waals surface area contributed by atoms with Gasteiger partial charge in [0.1, 0.15) is 0 Å². The summed E-state index contributed by atoms with van der Waals surface area (Å²) in [5, 5.41) is 0. The second-order valence-electron chi connectivity index (χ2n) is 2.03.